The predicted octanol–water partition coefficient (Wildman–Crippen LogP) is 3.10. The zero-order chi connectivity index (χ0) is 18.4. The Morgan fingerprint density at radius 3 is 2.60 bits per heavy atom. The molecule has 5 nitrogen and oxygen atoms in total. The lowest BCUT2D eigenvalue weighted by molar-refractivity contribution is -0.124. The van der Waals surface area contributed by atoms with Crippen LogP contribution in [0.15, 0.2) is 36.4 Å². The van der Waals surface area contributed by atoms with E-state index in [1.807, 2.05) is 0 Å². The molecule has 0 saturated carbocycles. The smallest absolute Gasteiger partial charge is 0.342 e. The first kappa shape index (κ1) is 18.7. The van der Waals surface area contributed by atoms with Crippen molar-refractivity contribution in [2.75, 3.05) is 13.7 Å². The molecule has 0 aliphatic rings. The highest BCUT2D eigenvalue weighted by atomic mass is 35.5. The first-order valence-electron chi connectivity index (χ1n) is 7.12. The molecule has 0 aliphatic carbocycles. The Labute approximate surface area is 147 Å². The van der Waals surface area contributed by atoms with Crippen molar-refractivity contribution in [1.29, 1.82) is 0 Å². The van der Waals surface area contributed by atoms with Gasteiger partial charge >= 0.3 is 5.97 Å². The van der Waals surface area contributed by atoms with Crippen molar-refractivity contribution in [3.63, 3.8) is 0 Å². The molecule has 0 aromatic heterocycles. The van der Waals surface area contributed by atoms with Gasteiger partial charge in [0, 0.05) is 23.2 Å². The molecule has 1 N–H and O–H groups in total. The van der Waals surface area contributed by atoms with Crippen molar-refractivity contribution in [3.05, 3.63) is 64.2 Å². The molecule has 0 saturated heterocycles. The summed E-state index contributed by atoms with van der Waals surface area (Å²) in [4.78, 5) is 23.7. The van der Waals surface area contributed by atoms with Gasteiger partial charge in [0.05, 0.1) is 7.11 Å². The van der Waals surface area contributed by atoms with Gasteiger partial charge in [0.25, 0.3) is 5.91 Å². The van der Waals surface area contributed by atoms with E-state index in [0.717, 1.165) is 6.07 Å². The van der Waals surface area contributed by atoms with E-state index in [9.17, 15) is 18.4 Å². The molecule has 2 rings (SSSR count). The van der Waals surface area contributed by atoms with Crippen LogP contribution in [0.5, 0.6) is 5.75 Å². The number of hydrogen-bond donors (Lipinski definition) is 1. The number of halogens is 3. The highest BCUT2D eigenvalue weighted by Gasteiger charge is 2.16. The average Bonchev–Trinajstić information content (AvgIpc) is 2.58. The van der Waals surface area contributed by atoms with E-state index in [-0.39, 0.29) is 23.4 Å². The van der Waals surface area contributed by atoms with Crippen LogP contribution in [-0.2, 0) is 16.1 Å². The molecule has 0 spiro atoms. The molecule has 0 bridgehead atoms. The number of nitrogens with one attached hydrogen (secondary N) is 1. The Hall–Kier alpha value is -2.67. The van der Waals surface area contributed by atoms with E-state index in [4.69, 9.17) is 21.1 Å². The third-order valence-corrected chi connectivity index (χ3v) is 3.44. The third kappa shape index (κ3) is 5.15. The van der Waals surface area contributed by atoms with Gasteiger partial charge in [0.2, 0.25) is 0 Å². The Balaban J connectivity index is 1.89. The van der Waals surface area contributed by atoms with E-state index in [1.165, 1.54) is 25.3 Å². The van der Waals surface area contributed by atoms with E-state index in [1.54, 1.807) is 6.07 Å². The van der Waals surface area contributed by atoms with Gasteiger partial charge in [0.15, 0.2) is 6.61 Å². The monoisotopic (exact) mass is 369 g/mol. The lowest BCUT2D eigenvalue weighted by Gasteiger charge is -2.10. The van der Waals surface area contributed by atoms with Crippen molar-refractivity contribution in [2.45, 2.75) is 6.54 Å². The van der Waals surface area contributed by atoms with Crippen molar-refractivity contribution in [3.8, 4) is 5.75 Å². The second-order valence-corrected chi connectivity index (χ2v) is 5.37. The molecule has 0 aliphatic heterocycles. The van der Waals surface area contributed by atoms with Crippen LogP contribution in [-0.4, -0.2) is 25.6 Å². The van der Waals surface area contributed by atoms with Crippen LogP contribution < -0.4 is 10.1 Å². The maximum atomic E-state index is 13.5. The van der Waals surface area contributed by atoms with Crippen LogP contribution >= 0.6 is 11.6 Å². The second kappa shape index (κ2) is 8.43. The van der Waals surface area contributed by atoms with Crippen LogP contribution in [0.25, 0.3) is 0 Å². The van der Waals surface area contributed by atoms with Gasteiger partial charge in [-0.1, -0.05) is 17.7 Å². The highest BCUT2D eigenvalue weighted by Crippen LogP contribution is 2.23. The summed E-state index contributed by atoms with van der Waals surface area (Å²) in [6.07, 6.45) is 0. The first-order chi connectivity index (χ1) is 11.9. The fraction of sp³-hybridized carbons (Fsp3) is 0.176. The number of carbonyl (C=O) groups excluding carboxylic acids is 2. The number of amides is 1. The molecule has 1 amide bonds. The van der Waals surface area contributed by atoms with Crippen LogP contribution in [0.4, 0.5) is 8.78 Å². The Morgan fingerprint density at radius 2 is 1.92 bits per heavy atom. The number of rotatable bonds is 6. The van der Waals surface area contributed by atoms with Crippen LogP contribution in [0, 0.1) is 11.6 Å². The normalized spacial score (nSPS) is 10.2. The fourth-order valence-corrected chi connectivity index (χ4v) is 2.13. The number of ether oxygens (including phenoxy) is 2. The summed E-state index contributed by atoms with van der Waals surface area (Å²) in [7, 11) is 1.38. The van der Waals surface area contributed by atoms with E-state index < -0.39 is 30.1 Å². The number of carbonyl (C=O) groups is 2. The van der Waals surface area contributed by atoms with Gasteiger partial charge in [-0.3, -0.25) is 4.79 Å². The summed E-state index contributed by atoms with van der Waals surface area (Å²) in [5, 5.41) is 2.68. The van der Waals surface area contributed by atoms with Gasteiger partial charge < -0.3 is 14.8 Å². The van der Waals surface area contributed by atoms with Crippen LogP contribution in [0.3, 0.4) is 0 Å². The number of methoxy groups -OCH3 is 1. The summed E-state index contributed by atoms with van der Waals surface area (Å²) in [5.74, 6) is -2.67. The summed E-state index contributed by atoms with van der Waals surface area (Å²) in [5.41, 5.74) is 0.185. The van der Waals surface area contributed by atoms with Crippen molar-refractivity contribution >= 4 is 23.5 Å². The van der Waals surface area contributed by atoms with Crippen molar-refractivity contribution < 1.29 is 27.8 Å². The van der Waals surface area contributed by atoms with Crippen molar-refractivity contribution in [1.82, 2.24) is 5.32 Å². The standard InChI is InChI=1S/C17H14ClF2NO4/c1-24-15-5-3-11(18)6-13(15)17(23)25-9-16(22)21-8-10-2-4-12(19)7-14(10)20/h2-7H,8-9H2,1H3,(H,21,22). The molecule has 2 aromatic carbocycles. The minimum absolute atomic E-state index is 0.0763. The molecule has 0 atom stereocenters. The average molecular weight is 370 g/mol. The molecular formula is C17H14ClF2NO4. The number of benzene rings is 2. The van der Waals surface area contributed by atoms with E-state index >= 15 is 0 Å². The highest BCUT2D eigenvalue weighted by molar-refractivity contribution is 6.31. The Bertz CT molecular complexity index is 798. The molecule has 132 valence electrons. The maximum Gasteiger partial charge on any atom is 0.342 e. The van der Waals surface area contributed by atoms with Crippen molar-refractivity contribution in [2.24, 2.45) is 0 Å². The molecular weight excluding hydrogens is 356 g/mol. The lowest BCUT2D eigenvalue weighted by Crippen LogP contribution is -2.28. The molecule has 0 unspecified atom stereocenters. The number of hydrogen-bond acceptors (Lipinski definition) is 4. The fourth-order valence-electron chi connectivity index (χ4n) is 1.96. The predicted molar refractivity (Wildman–Crippen MR) is 86.5 cm³/mol. The zero-order valence-corrected chi connectivity index (χ0v) is 13.9. The molecule has 0 heterocycles. The van der Waals surface area contributed by atoms with Gasteiger partial charge in [0.1, 0.15) is 22.9 Å². The molecule has 2 aromatic rings. The molecule has 0 radical (unpaired) electrons. The minimum atomic E-state index is -0.789. The van der Waals surface area contributed by atoms with Gasteiger partial charge in [-0.25, -0.2) is 13.6 Å². The van der Waals surface area contributed by atoms with Gasteiger partial charge in [-0.05, 0) is 24.3 Å². The van der Waals surface area contributed by atoms with Gasteiger partial charge in [-0.15, -0.1) is 0 Å². The molecule has 25 heavy (non-hydrogen) atoms. The van der Waals surface area contributed by atoms with Gasteiger partial charge in [-0.2, -0.15) is 0 Å². The summed E-state index contributed by atoms with van der Waals surface area (Å²) in [6.45, 7) is -0.736. The summed E-state index contributed by atoms with van der Waals surface area (Å²) < 4.78 is 36.2. The van der Waals surface area contributed by atoms with E-state index in [0.29, 0.717) is 11.1 Å². The number of esters is 1. The molecule has 8 heteroatoms. The third-order valence-electron chi connectivity index (χ3n) is 3.21. The molecule has 0 fully saturated rings. The summed E-state index contributed by atoms with van der Waals surface area (Å²) >= 11 is 5.82. The Kier molecular flexibility index (Phi) is 6.30. The second-order valence-electron chi connectivity index (χ2n) is 4.93. The topological polar surface area (TPSA) is 64.6 Å². The quantitative estimate of drug-likeness (QED) is 0.795. The van der Waals surface area contributed by atoms with Crippen LogP contribution in [0.1, 0.15) is 15.9 Å². The largest absolute Gasteiger partial charge is 0.496 e. The SMILES string of the molecule is COc1ccc(Cl)cc1C(=O)OCC(=O)NCc1ccc(F)cc1F. The maximum absolute atomic E-state index is 13.5. The Morgan fingerprint density at radius 1 is 1.16 bits per heavy atom. The summed E-state index contributed by atoms with van der Waals surface area (Å²) in [6, 6.07) is 7.41. The minimum Gasteiger partial charge on any atom is -0.496 e. The van der Waals surface area contributed by atoms with E-state index in [2.05, 4.69) is 5.32 Å². The first-order valence-corrected chi connectivity index (χ1v) is 7.50. The lowest BCUT2D eigenvalue weighted by atomic mass is 10.2. The zero-order valence-electron chi connectivity index (χ0n) is 13.1. The van der Waals surface area contributed by atoms with Crippen LogP contribution in [0.2, 0.25) is 5.02 Å².